The highest BCUT2D eigenvalue weighted by Gasteiger charge is 2.39. The average molecular weight is 480 g/mol. The van der Waals surface area contributed by atoms with Crippen LogP contribution in [0.4, 0.5) is 5.82 Å². The lowest BCUT2D eigenvalue weighted by molar-refractivity contribution is 0.0162. The minimum Gasteiger partial charge on any atom is -0.382 e. The normalized spacial score (nSPS) is 24.5. The van der Waals surface area contributed by atoms with Crippen molar-refractivity contribution in [3.63, 3.8) is 0 Å². The van der Waals surface area contributed by atoms with Crippen molar-refractivity contribution >= 4 is 17.4 Å². The number of nitrogens with two attached hydrogens (primary N) is 1. The lowest BCUT2D eigenvalue weighted by Crippen LogP contribution is -2.38. The van der Waals surface area contributed by atoms with Gasteiger partial charge in [0.05, 0.1) is 11.7 Å². The number of amides is 1. The Kier molecular flexibility index (Phi) is 5.52. The van der Waals surface area contributed by atoms with Gasteiger partial charge in [-0.15, -0.1) is 0 Å². The van der Waals surface area contributed by atoms with Crippen molar-refractivity contribution in [3.05, 3.63) is 41.0 Å². The number of aryl methyl sites for hydroxylation is 1. The summed E-state index contributed by atoms with van der Waals surface area (Å²) in [7, 11) is 0. The Morgan fingerprint density at radius 3 is 2.77 bits per heavy atom. The quantitative estimate of drug-likeness (QED) is 0.585. The number of aliphatic hydroxyl groups is 1. The van der Waals surface area contributed by atoms with Gasteiger partial charge in [0.15, 0.2) is 17.1 Å². The number of anilines is 1. The van der Waals surface area contributed by atoms with E-state index >= 15 is 0 Å². The largest absolute Gasteiger partial charge is 0.382 e. The first kappa shape index (κ1) is 22.5. The fourth-order valence-electron chi connectivity index (χ4n) is 5.91. The molecule has 3 fully saturated rings. The number of aromatic nitrogens is 4. The molecule has 6 rings (SSSR count). The SMILES string of the molecule is Cc1cn2nc([C@@H]3CCCCN3C(=O)c3cc(C4(O)CCCC4)on3)cc2nc1N1CC[C@H](N)C1. The molecule has 0 aromatic carbocycles. The average Bonchev–Trinajstić information content (AvgIpc) is 3.65. The Morgan fingerprint density at radius 1 is 1.17 bits per heavy atom. The molecule has 186 valence electrons. The van der Waals surface area contributed by atoms with Crippen molar-refractivity contribution < 1.29 is 14.4 Å². The van der Waals surface area contributed by atoms with Crippen LogP contribution in [0.15, 0.2) is 22.9 Å². The van der Waals surface area contributed by atoms with Crippen molar-refractivity contribution in [1.82, 2.24) is 24.7 Å². The summed E-state index contributed by atoms with van der Waals surface area (Å²) in [5.74, 6) is 1.17. The minimum absolute atomic E-state index is 0.156. The summed E-state index contributed by atoms with van der Waals surface area (Å²) < 4.78 is 7.26. The molecule has 0 spiro atoms. The number of nitrogens with zero attached hydrogens (tertiary/aromatic N) is 6. The van der Waals surface area contributed by atoms with Gasteiger partial charge < -0.3 is 25.2 Å². The van der Waals surface area contributed by atoms with E-state index < -0.39 is 5.60 Å². The second kappa shape index (κ2) is 8.60. The van der Waals surface area contributed by atoms with E-state index in [1.165, 1.54) is 0 Å². The van der Waals surface area contributed by atoms with Crippen molar-refractivity contribution in [3.8, 4) is 0 Å². The molecule has 10 nitrogen and oxygen atoms in total. The highest BCUT2D eigenvalue weighted by Crippen LogP contribution is 2.39. The van der Waals surface area contributed by atoms with Crippen molar-refractivity contribution in [2.24, 2.45) is 5.73 Å². The van der Waals surface area contributed by atoms with Gasteiger partial charge in [0.25, 0.3) is 5.91 Å². The number of carbonyl (C=O) groups is 1. The third kappa shape index (κ3) is 3.98. The first-order valence-corrected chi connectivity index (χ1v) is 12.8. The van der Waals surface area contributed by atoms with Gasteiger partial charge in [-0.2, -0.15) is 5.10 Å². The van der Waals surface area contributed by atoms with Crippen LogP contribution in [0.2, 0.25) is 0 Å². The maximum Gasteiger partial charge on any atom is 0.276 e. The fourth-order valence-corrected chi connectivity index (χ4v) is 5.91. The Balaban J connectivity index is 1.28. The van der Waals surface area contributed by atoms with Gasteiger partial charge in [-0.1, -0.05) is 5.16 Å². The van der Waals surface area contributed by atoms with Crippen LogP contribution in [0.25, 0.3) is 5.65 Å². The molecule has 3 N–H and O–H groups in total. The maximum atomic E-state index is 13.5. The monoisotopic (exact) mass is 479 g/mol. The summed E-state index contributed by atoms with van der Waals surface area (Å²) in [5, 5.41) is 19.7. The molecule has 0 radical (unpaired) electrons. The topological polar surface area (TPSA) is 126 Å². The van der Waals surface area contributed by atoms with Gasteiger partial charge in [0.2, 0.25) is 0 Å². The number of piperidine rings is 1. The molecule has 1 aliphatic carbocycles. The molecule has 3 aromatic rings. The van der Waals surface area contributed by atoms with Gasteiger partial charge in [0, 0.05) is 49.6 Å². The molecule has 3 aromatic heterocycles. The molecule has 10 heteroatoms. The number of hydrogen-bond donors (Lipinski definition) is 2. The predicted molar refractivity (Wildman–Crippen MR) is 129 cm³/mol. The summed E-state index contributed by atoms with van der Waals surface area (Å²) in [5.41, 5.74) is 8.01. The van der Waals surface area contributed by atoms with Gasteiger partial charge in [-0.05, 0) is 58.3 Å². The zero-order chi connectivity index (χ0) is 24.2. The predicted octanol–water partition coefficient (Wildman–Crippen LogP) is 2.69. The molecule has 3 aliphatic rings. The summed E-state index contributed by atoms with van der Waals surface area (Å²) >= 11 is 0. The first-order valence-electron chi connectivity index (χ1n) is 12.8. The molecule has 2 aliphatic heterocycles. The van der Waals surface area contributed by atoms with Crippen LogP contribution in [0, 0.1) is 6.92 Å². The molecular formula is C25H33N7O3. The second-order valence-electron chi connectivity index (χ2n) is 10.4. The summed E-state index contributed by atoms with van der Waals surface area (Å²) in [4.78, 5) is 22.5. The van der Waals surface area contributed by atoms with E-state index in [9.17, 15) is 9.90 Å². The Labute approximate surface area is 204 Å². The molecular weight excluding hydrogens is 446 g/mol. The Morgan fingerprint density at radius 2 is 2.00 bits per heavy atom. The maximum absolute atomic E-state index is 13.5. The van der Waals surface area contributed by atoms with E-state index in [2.05, 4.69) is 10.1 Å². The Hall–Kier alpha value is -2.98. The molecule has 35 heavy (non-hydrogen) atoms. The molecule has 2 atom stereocenters. The summed E-state index contributed by atoms with van der Waals surface area (Å²) in [6.45, 7) is 4.40. The highest BCUT2D eigenvalue weighted by atomic mass is 16.5. The van der Waals surface area contributed by atoms with Crippen LogP contribution >= 0.6 is 0 Å². The van der Waals surface area contributed by atoms with Gasteiger partial charge in [-0.25, -0.2) is 9.50 Å². The Bertz CT molecular complexity index is 1250. The number of fused-ring (bicyclic) bond motifs is 1. The van der Waals surface area contributed by atoms with Crippen LogP contribution in [-0.4, -0.2) is 61.3 Å². The van der Waals surface area contributed by atoms with Crippen LogP contribution in [-0.2, 0) is 5.60 Å². The molecule has 1 amide bonds. The van der Waals surface area contributed by atoms with E-state index in [1.54, 1.807) is 6.07 Å². The van der Waals surface area contributed by atoms with Crippen molar-refractivity contribution in [2.45, 2.75) is 76.0 Å². The van der Waals surface area contributed by atoms with E-state index in [4.69, 9.17) is 20.3 Å². The number of carbonyl (C=O) groups excluding carboxylic acids is 1. The smallest absolute Gasteiger partial charge is 0.276 e. The summed E-state index contributed by atoms with van der Waals surface area (Å²) in [6, 6.07) is 3.64. The van der Waals surface area contributed by atoms with Gasteiger partial charge >= 0.3 is 0 Å². The number of likely N-dealkylation sites (tertiary alicyclic amines) is 1. The summed E-state index contributed by atoms with van der Waals surface area (Å²) in [6.07, 6.45) is 8.93. The van der Waals surface area contributed by atoms with Gasteiger partial charge in [-0.3, -0.25) is 4.79 Å². The zero-order valence-electron chi connectivity index (χ0n) is 20.2. The molecule has 5 heterocycles. The molecule has 0 bridgehead atoms. The minimum atomic E-state index is -1.01. The first-order chi connectivity index (χ1) is 16.9. The lowest BCUT2D eigenvalue weighted by Gasteiger charge is -2.34. The zero-order valence-corrected chi connectivity index (χ0v) is 20.2. The van der Waals surface area contributed by atoms with E-state index in [0.717, 1.165) is 74.3 Å². The van der Waals surface area contributed by atoms with E-state index in [-0.39, 0.29) is 23.7 Å². The standard InChI is InChI=1S/C25H33N7O3/c1-16-14-32-22(27-23(16)30-11-7-17(26)15-30)13-18(28-32)20-6-2-5-10-31(20)24(33)19-12-21(35-29-19)25(34)8-3-4-9-25/h12-14,17,20,34H,2-11,15,26H2,1H3/t17-,20-/m0/s1. The van der Waals surface area contributed by atoms with Crippen molar-refractivity contribution in [2.75, 3.05) is 24.5 Å². The highest BCUT2D eigenvalue weighted by molar-refractivity contribution is 5.92. The number of hydrogen-bond acceptors (Lipinski definition) is 8. The second-order valence-corrected chi connectivity index (χ2v) is 10.4. The van der Waals surface area contributed by atoms with E-state index in [0.29, 0.717) is 25.1 Å². The van der Waals surface area contributed by atoms with Crippen LogP contribution in [0.5, 0.6) is 0 Å². The van der Waals surface area contributed by atoms with Gasteiger partial charge in [0.1, 0.15) is 11.4 Å². The van der Waals surface area contributed by atoms with E-state index in [1.807, 2.05) is 28.6 Å². The van der Waals surface area contributed by atoms with Crippen molar-refractivity contribution in [1.29, 1.82) is 0 Å². The number of rotatable bonds is 4. The molecule has 2 saturated heterocycles. The third-order valence-corrected chi connectivity index (χ3v) is 7.87. The van der Waals surface area contributed by atoms with Crippen LogP contribution in [0.1, 0.15) is 84.9 Å². The lowest BCUT2D eigenvalue weighted by atomic mass is 9.97. The van der Waals surface area contributed by atoms with Crippen LogP contribution < -0.4 is 10.6 Å². The third-order valence-electron chi connectivity index (χ3n) is 7.87. The van der Waals surface area contributed by atoms with Crippen LogP contribution in [0.3, 0.4) is 0 Å². The fraction of sp³-hybridized carbons (Fsp3) is 0.600. The molecule has 0 unspecified atom stereocenters. The molecule has 1 saturated carbocycles.